The highest BCUT2D eigenvalue weighted by atomic mass is 32.2. The Morgan fingerprint density at radius 1 is 1.11 bits per heavy atom. The molecule has 0 N–H and O–H groups in total. The molecule has 1 aromatic heterocycles. The van der Waals surface area contributed by atoms with E-state index in [2.05, 4.69) is 20.4 Å². The highest BCUT2D eigenvalue weighted by molar-refractivity contribution is 7.90. The monoisotopic (exact) mass is 401 g/mol. The lowest BCUT2D eigenvalue weighted by molar-refractivity contribution is 0.254. The number of benzene rings is 2. The fourth-order valence-electron chi connectivity index (χ4n) is 2.71. The highest BCUT2D eigenvalue weighted by Gasteiger charge is 2.11. The molecule has 0 spiro atoms. The maximum absolute atomic E-state index is 11.6. The predicted octanol–water partition coefficient (Wildman–Crippen LogP) is 1.97. The second-order valence-electron chi connectivity index (χ2n) is 6.53. The highest BCUT2D eigenvalue weighted by Crippen LogP contribution is 2.17. The van der Waals surface area contributed by atoms with Gasteiger partial charge in [0.2, 0.25) is 0 Å². The maximum Gasteiger partial charge on any atom is 0.175 e. The molecule has 9 heteroatoms. The Bertz CT molecular complexity index is 1010. The Balaban J connectivity index is 1.49. The first-order valence-electron chi connectivity index (χ1n) is 8.87. The Labute approximate surface area is 164 Å². The number of hydrogen-bond donors (Lipinski definition) is 0. The summed E-state index contributed by atoms with van der Waals surface area (Å²) in [4.78, 5) is 2.37. The number of rotatable bonds is 9. The van der Waals surface area contributed by atoms with Gasteiger partial charge < -0.3 is 4.74 Å². The Morgan fingerprint density at radius 2 is 1.89 bits per heavy atom. The molecule has 0 saturated carbocycles. The minimum Gasteiger partial charge on any atom is -0.494 e. The molecule has 0 bridgehead atoms. The van der Waals surface area contributed by atoms with Crippen LogP contribution in [0.25, 0.3) is 5.69 Å². The van der Waals surface area contributed by atoms with Gasteiger partial charge >= 0.3 is 0 Å². The van der Waals surface area contributed by atoms with Gasteiger partial charge in [-0.2, -0.15) is 4.68 Å². The van der Waals surface area contributed by atoms with Crippen LogP contribution in [0, 0.1) is 0 Å². The van der Waals surface area contributed by atoms with E-state index in [9.17, 15) is 8.42 Å². The minimum atomic E-state index is -3.23. The zero-order chi connectivity index (χ0) is 20.0. The normalized spacial score (nSPS) is 11.7. The lowest BCUT2D eigenvalue weighted by Gasteiger charge is -2.16. The van der Waals surface area contributed by atoms with E-state index in [1.807, 2.05) is 37.4 Å². The van der Waals surface area contributed by atoms with Crippen LogP contribution in [-0.2, 0) is 16.4 Å². The number of sulfone groups is 1. The van der Waals surface area contributed by atoms with Crippen molar-refractivity contribution in [2.75, 3.05) is 26.5 Å². The van der Waals surface area contributed by atoms with Crippen molar-refractivity contribution in [3.05, 3.63) is 60.4 Å². The third-order valence-electron chi connectivity index (χ3n) is 4.13. The number of ether oxygens (including phenoxy) is 1. The van der Waals surface area contributed by atoms with E-state index in [1.165, 1.54) is 6.26 Å². The molecule has 2 aromatic carbocycles. The van der Waals surface area contributed by atoms with Gasteiger partial charge in [-0.3, -0.25) is 4.90 Å². The second-order valence-corrected chi connectivity index (χ2v) is 8.55. The Hall–Kier alpha value is -2.78. The molecule has 3 rings (SSSR count). The molecular weight excluding hydrogens is 378 g/mol. The number of aromatic nitrogens is 4. The SMILES string of the molecule is CN(CCCOc1cccc(S(C)(=O)=O)c1)Cc1nnnn1-c1ccccc1. The summed E-state index contributed by atoms with van der Waals surface area (Å²) < 4.78 is 30.6. The third kappa shape index (κ3) is 5.37. The zero-order valence-electron chi connectivity index (χ0n) is 15.9. The van der Waals surface area contributed by atoms with Crippen molar-refractivity contribution in [2.24, 2.45) is 0 Å². The van der Waals surface area contributed by atoms with Gasteiger partial charge in [0.05, 0.1) is 23.7 Å². The van der Waals surface area contributed by atoms with Gasteiger partial charge in [-0.05, 0) is 54.2 Å². The number of hydrogen-bond acceptors (Lipinski definition) is 7. The molecule has 0 saturated heterocycles. The molecule has 0 fully saturated rings. The van der Waals surface area contributed by atoms with Gasteiger partial charge in [0, 0.05) is 12.8 Å². The van der Waals surface area contributed by atoms with Gasteiger partial charge in [0.25, 0.3) is 0 Å². The zero-order valence-corrected chi connectivity index (χ0v) is 16.7. The van der Waals surface area contributed by atoms with E-state index in [-0.39, 0.29) is 4.90 Å². The van der Waals surface area contributed by atoms with E-state index in [4.69, 9.17) is 4.74 Å². The molecule has 0 atom stereocenters. The molecule has 0 radical (unpaired) electrons. The molecule has 1 heterocycles. The van der Waals surface area contributed by atoms with E-state index in [0.717, 1.165) is 24.5 Å². The summed E-state index contributed by atoms with van der Waals surface area (Å²) in [6.45, 7) is 1.88. The summed E-state index contributed by atoms with van der Waals surface area (Å²) in [7, 11) is -1.24. The molecular formula is C19H23N5O3S. The van der Waals surface area contributed by atoms with Crippen molar-refractivity contribution in [1.29, 1.82) is 0 Å². The summed E-state index contributed by atoms with van der Waals surface area (Å²) in [6, 6.07) is 16.3. The van der Waals surface area contributed by atoms with Crippen LogP contribution in [0.1, 0.15) is 12.2 Å². The molecule has 0 aliphatic rings. The average Bonchev–Trinajstić information content (AvgIpc) is 3.13. The van der Waals surface area contributed by atoms with Crippen molar-refractivity contribution >= 4 is 9.84 Å². The summed E-state index contributed by atoms with van der Waals surface area (Å²) >= 11 is 0. The molecule has 8 nitrogen and oxygen atoms in total. The quantitative estimate of drug-likeness (QED) is 0.506. The van der Waals surface area contributed by atoms with Crippen LogP contribution in [0.2, 0.25) is 0 Å². The van der Waals surface area contributed by atoms with Crippen molar-refractivity contribution in [3.8, 4) is 11.4 Å². The summed E-state index contributed by atoms with van der Waals surface area (Å²) in [5.41, 5.74) is 0.921. The molecule has 0 unspecified atom stereocenters. The van der Waals surface area contributed by atoms with Crippen molar-refractivity contribution in [2.45, 2.75) is 17.9 Å². The van der Waals surface area contributed by atoms with E-state index in [0.29, 0.717) is 18.9 Å². The molecule has 0 aliphatic heterocycles. The second kappa shape index (κ2) is 8.94. The Kier molecular flexibility index (Phi) is 6.37. The van der Waals surface area contributed by atoms with Gasteiger partial charge in [-0.25, -0.2) is 8.42 Å². The van der Waals surface area contributed by atoms with Crippen LogP contribution >= 0.6 is 0 Å². The first-order chi connectivity index (χ1) is 13.4. The van der Waals surface area contributed by atoms with Crippen molar-refractivity contribution in [1.82, 2.24) is 25.1 Å². The largest absolute Gasteiger partial charge is 0.494 e. The Morgan fingerprint density at radius 3 is 2.64 bits per heavy atom. The molecule has 28 heavy (non-hydrogen) atoms. The lowest BCUT2D eigenvalue weighted by atomic mass is 10.3. The standard InChI is InChI=1S/C19H23N5O3S/c1-23(15-19-20-21-22-24(19)16-8-4-3-5-9-16)12-7-13-27-17-10-6-11-18(14-17)28(2,25)26/h3-6,8-11,14H,7,12-13,15H2,1-2H3. The third-order valence-corrected chi connectivity index (χ3v) is 5.24. The van der Waals surface area contributed by atoms with Crippen molar-refractivity contribution < 1.29 is 13.2 Å². The average molecular weight is 401 g/mol. The minimum absolute atomic E-state index is 0.259. The van der Waals surface area contributed by atoms with Crippen LogP contribution in [0.15, 0.2) is 59.5 Å². The van der Waals surface area contributed by atoms with Gasteiger partial charge in [0.1, 0.15) is 5.75 Å². The van der Waals surface area contributed by atoms with Crippen LogP contribution in [0.3, 0.4) is 0 Å². The van der Waals surface area contributed by atoms with E-state index < -0.39 is 9.84 Å². The van der Waals surface area contributed by atoms with Crippen molar-refractivity contribution in [3.63, 3.8) is 0 Å². The van der Waals surface area contributed by atoms with E-state index in [1.54, 1.807) is 28.9 Å². The first-order valence-corrected chi connectivity index (χ1v) is 10.8. The van der Waals surface area contributed by atoms with Gasteiger partial charge in [-0.15, -0.1) is 5.10 Å². The summed E-state index contributed by atoms with van der Waals surface area (Å²) in [6.07, 6.45) is 1.97. The van der Waals surface area contributed by atoms with E-state index >= 15 is 0 Å². The topological polar surface area (TPSA) is 90.2 Å². The maximum atomic E-state index is 11.6. The lowest BCUT2D eigenvalue weighted by Crippen LogP contribution is -2.23. The van der Waals surface area contributed by atoms with Gasteiger partial charge in [-0.1, -0.05) is 24.3 Å². The molecule has 3 aromatic rings. The number of tetrazole rings is 1. The summed E-state index contributed by atoms with van der Waals surface area (Å²) in [5, 5.41) is 12.0. The van der Waals surface area contributed by atoms with Crippen LogP contribution in [0.4, 0.5) is 0 Å². The predicted molar refractivity (Wildman–Crippen MR) is 105 cm³/mol. The fraction of sp³-hybridized carbons (Fsp3) is 0.316. The number of para-hydroxylation sites is 1. The van der Waals surface area contributed by atoms with Crippen LogP contribution < -0.4 is 4.74 Å². The molecule has 0 aliphatic carbocycles. The van der Waals surface area contributed by atoms with Gasteiger partial charge in [0.15, 0.2) is 15.7 Å². The smallest absolute Gasteiger partial charge is 0.175 e. The summed E-state index contributed by atoms with van der Waals surface area (Å²) in [5.74, 6) is 1.31. The first kappa shape index (κ1) is 20.0. The number of nitrogens with zero attached hydrogens (tertiary/aromatic N) is 5. The molecule has 148 valence electrons. The van der Waals surface area contributed by atoms with Crippen LogP contribution in [-0.4, -0.2) is 60.0 Å². The fourth-order valence-corrected chi connectivity index (χ4v) is 3.37. The molecule has 0 amide bonds. The van der Waals surface area contributed by atoms with Crippen LogP contribution in [0.5, 0.6) is 5.75 Å².